The van der Waals surface area contributed by atoms with Crippen molar-refractivity contribution in [1.82, 2.24) is 14.9 Å². The number of rotatable bonds is 6. The minimum absolute atomic E-state index is 0.117. The molecule has 1 aromatic heterocycles. The first-order valence-corrected chi connectivity index (χ1v) is 7.47. The molecule has 1 aliphatic carbocycles. The Balaban J connectivity index is 1.71. The lowest BCUT2D eigenvalue weighted by Crippen LogP contribution is -2.30. The summed E-state index contributed by atoms with van der Waals surface area (Å²) in [6.07, 6.45) is 2.45. The van der Waals surface area contributed by atoms with E-state index in [1.165, 1.54) is 7.11 Å². The van der Waals surface area contributed by atoms with Gasteiger partial charge in [-0.3, -0.25) is 9.59 Å². The molecule has 1 aliphatic rings. The lowest BCUT2D eigenvalue weighted by molar-refractivity contribution is -0.140. The van der Waals surface area contributed by atoms with E-state index in [9.17, 15) is 9.59 Å². The zero-order valence-electron chi connectivity index (χ0n) is 12.5. The molecule has 116 valence electrons. The summed E-state index contributed by atoms with van der Waals surface area (Å²) in [5.74, 6) is 1.01. The molecule has 2 aromatic rings. The maximum absolute atomic E-state index is 12.1. The van der Waals surface area contributed by atoms with Crippen molar-refractivity contribution in [3.8, 4) is 0 Å². The maximum atomic E-state index is 12.1. The number of nitrogens with one attached hydrogen (secondary N) is 1. The predicted octanol–water partition coefficient (Wildman–Crippen LogP) is 1.59. The van der Waals surface area contributed by atoms with Crippen molar-refractivity contribution in [2.45, 2.75) is 31.7 Å². The molecule has 0 unspecified atom stereocenters. The molecular weight excluding hydrogens is 282 g/mol. The summed E-state index contributed by atoms with van der Waals surface area (Å²) < 4.78 is 6.54. The molecule has 1 N–H and O–H groups in total. The molecule has 0 radical (unpaired) electrons. The third kappa shape index (κ3) is 3.10. The van der Waals surface area contributed by atoms with Crippen LogP contribution in [-0.4, -0.2) is 35.1 Å². The number of amides is 1. The number of ether oxygens (including phenoxy) is 1. The van der Waals surface area contributed by atoms with Gasteiger partial charge in [0.05, 0.1) is 24.6 Å². The van der Waals surface area contributed by atoms with Gasteiger partial charge in [-0.15, -0.1) is 0 Å². The lowest BCUT2D eigenvalue weighted by atomic mass is 10.3. The van der Waals surface area contributed by atoms with E-state index >= 15 is 0 Å². The van der Waals surface area contributed by atoms with Gasteiger partial charge in [-0.1, -0.05) is 12.1 Å². The Morgan fingerprint density at radius 3 is 2.86 bits per heavy atom. The Kier molecular flexibility index (Phi) is 4.09. The number of hydrogen-bond donors (Lipinski definition) is 1. The van der Waals surface area contributed by atoms with Gasteiger partial charge in [0.1, 0.15) is 12.4 Å². The second-order valence-corrected chi connectivity index (χ2v) is 5.50. The van der Waals surface area contributed by atoms with Crippen LogP contribution in [0.5, 0.6) is 0 Å². The Morgan fingerprint density at radius 1 is 1.36 bits per heavy atom. The number of para-hydroxylation sites is 2. The molecule has 0 saturated heterocycles. The van der Waals surface area contributed by atoms with Gasteiger partial charge in [-0.25, -0.2) is 4.98 Å². The number of nitrogens with zero attached hydrogens (tertiary/aromatic N) is 2. The number of hydrogen-bond acceptors (Lipinski definition) is 4. The first-order chi connectivity index (χ1) is 10.7. The van der Waals surface area contributed by atoms with E-state index in [4.69, 9.17) is 0 Å². The standard InChI is InChI=1S/C16H19N3O3/c1-22-15(21)8-9-17-14(20)10-19-13-5-3-2-4-12(13)18-16(19)11-6-7-11/h2-5,11H,6-10H2,1H3,(H,17,20). The summed E-state index contributed by atoms with van der Waals surface area (Å²) in [6, 6.07) is 7.85. The summed E-state index contributed by atoms with van der Waals surface area (Å²) in [4.78, 5) is 27.8. The highest BCUT2D eigenvalue weighted by Gasteiger charge is 2.30. The van der Waals surface area contributed by atoms with Crippen LogP contribution >= 0.6 is 0 Å². The van der Waals surface area contributed by atoms with Crippen LogP contribution in [0, 0.1) is 0 Å². The zero-order valence-corrected chi connectivity index (χ0v) is 12.5. The van der Waals surface area contributed by atoms with E-state index in [2.05, 4.69) is 15.0 Å². The van der Waals surface area contributed by atoms with Crippen LogP contribution in [0.1, 0.15) is 31.0 Å². The van der Waals surface area contributed by atoms with Crippen molar-refractivity contribution >= 4 is 22.9 Å². The predicted molar refractivity (Wildman–Crippen MR) is 81.4 cm³/mol. The Morgan fingerprint density at radius 2 is 2.14 bits per heavy atom. The molecule has 1 saturated carbocycles. The second-order valence-electron chi connectivity index (χ2n) is 5.50. The zero-order chi connectivity index (χ0) is 15.5. The van der Waals surface area contributed by atoms with Crippen LogP contribution in [-0.2, 0) is 20.9 Å². The third-order valence-electron chi connectivity index (χ3n) is 3.81. The Labute approximate surface area is 128 Å². The number of carbonyl (C=O) groups excluding carboxylic acids is 2. The topological polar surface area (TPSA) is 73.2 Å². The normalized spacial score (nSPS) is 14.0. The van der Waals surface area contributed by atoms with Crippen LogP contribution in [0.25, 0.3) is 11.0 Å². The fraction of sp³-hybridized carbons (Fsp3) is 0.438. The van der Waals surface area contributed by atoms with Gasteiger partial charge in [0.2, 0.25) is 5.91 Å². The van der Waals surface area contributed by atoms with Crippen molar-refractivity contribution < 1.29 is 14.3 Å². The fourth-order valence-electron chi connectivity index (χ4n) is 2.52. The first-order valence-electron chi connectivity index (χ1n) is 7.47. The molecule has 0 bridgehead atoms. The summed E-state index contributed by atoms with van der Waals surface area (Å²) in [6.45, 7) is 0.518. The SMILES string of the molecule is COC(=O)CCNC(=O)Cn1c(C2CC2)nc2ccccc21. The van der Waals surface area contributed by atoms with E-state index in [0.29, 0.717) is 5.92 Å². The van der Waals surface area contributed by atoms with Crippen molar-refractivity contribution in [3.63, 3.8) is 0 Å². The molecule has 3 rings (SSSR count). The second kappa shape index (κ2) is 6.17. The molecule has 0 spiro atoms. The highest BCUT2D eigenvalue weighted by Crippen LogP contribution is 2.40. The van der Waals surface area contributed by atoms with Crippen molar-refractivity contribution in [2.24, 2.45) is 0 Å². The monoisotopic (exact) mass is 301 g/mol. The number of carbonyl (C=O) groups is 2. The van der Waals surface area contributed by atoms with Gasteiger partial charge in [-0.05, 0) is 25.0 Å². The average Bonchev–Trinajstić information content (AvgIpc) is 3.31. The molecule has 0 aliphatic heterocycles. The van der Waals surface area contributed by atoms with Gasteiger partial charge in [-0.2, -0.15) is 0 Å². The van der Waals surface area contributed by atoms with Crippen LogP contribution in [0.2, 0.25) is 0 Å². The summed E-state index contributed by atoms with van der Waals surface area (Å²) >= 11 is 0. The molecule has 6 heteroatoms. The van der Waals surface area contributed by atoms with Crippen molar-refractivity contribution in [2.75, 3.05) is 13.7 Å². The van der Waals surface area contributed by atoms with Crippen LogP contribution in [0.15, 0.2) is 24.3 Å². The van der Waals surface area contributed by atoms with Gasteiger partial charge in [0.15, 0.2) is 0 Å². The third-order valence-corrected chi connectivity index (χ3v) is 3.81. The fourth-order valence-corrected chi connectivity index (χ4v) is 2.52. The highest BCUT2D eigenvalue weighted by molar-refractivity contribution is 5.81. The average molecular weight is 301 g/mol. The summed E-state index contributed by atoms with van der Waals surface area (Å²) in [7, 11) is 1.34. The smallest absolute Gasteiger partial charge is 0.307 e. The Bertz CT molecular complexity index is 704. The van der Waals surface area contributed by atoms with Crippen LogP contribution < -0.4 is 5.32 Å². The Hall–Kier alpha value is -2.37. The number of imidazole rings is 1. The van der Waals surface area contributed by atoms with E-state index in [-0.39, 0.29) is 31.4 Å². The molecule has 1 amide bonds. The van der Waals surface area contributed by atoms with Gasteiger partial charge in [0, 0.05) is 12.5 Å². The molecule has 1 aromatic carbocycles. The maximum Gasteiger partial charge on any atom is 0.307 e. The lowest BCUT2D eigenvalue weighted by Gasteiger charge is -2.09. The van der Waals surface area contributed by atoms with E-state index in [0.717, 1.165) is 29.7 Å². The largest absolute Gasteiger partial charge is 0.469 e. The van der Waals surface area contributed by atoms with Gasteiger partial charge >= 0.3 is 5.97 Å². The van der Waals surface area contributed by atoms with Crippen LogP contribution in [0.3, 0.4) is 0 Å². The molecule has 22 heavy (non-hydrogen) atoms. The number of methoxy groups -OCH3 is 1. The summed E-state index contributed by atoms with van der Waals surface area (Å²) in [5, 5.41) is 2.75. The van der Waals surface area contributed by atoms with Gasteiger partial charge in [0.25, 0.3) is 0 Å². The number of fused-ring (bicyclic) bond motifs is 1. The number of esters is 1. The van der Waals surface area contributed by atoms with Crippen molar-refractivity contribution in [1.29, 1.82) is 0 Å². The van der Waals surface area contributed by atoms with Crippen molar-refractivity contribution in [3.05, 3.63) is 30.1 Å². The summed E-state index contributed by atoms with van der Waals surface area (Å²) in [5.41, 5.74) is 1.90. The highest BCUT2D eigenvalue weighted by atomic mass is 16.5. The minimum Gasteiger partial charge on any atom is -0.469 e. The van der Waals surface area contributed by atoms with Gasteiger partial charge < -0.3 is 14.6 Å². The quantitative estimate of drug-likeness (QED) is 0.822. The van der Waals surface area contributed by atoms with Crippen LogP contribution in [0.4, 0.5) is 0 Å². The van der Waals surface area contributed by atoms with E-state index in [1.54, 1.807) is 0 Å². The number of benzene rings is 1. The number of aromatic nitrogens is 2. The molecular formula is C16H19N3O3. The molecule has 6 nitrogen and oxygen atoms in total. The molecule has 1 fully saturated rings. The molecule has 1 heterocycles. The van der Waals surface area contributed by atoms with E-state index < -0.39 is 0 Å². The molecule has 0 atom stereocenters. The van der Waals surface area contributed by atoms with E-state index in [1.807, 2.05) is 28.8 Å². The minimum atomic E-state index is -0.327. The first kappa shape index (κ1) is 14.6.